The predicted octanol–water partition coefficient (Wildman–Crippen LogP) is 3.14. The van der Waals surface area contributed by atoms with Gasteiger partial charge in [0.25, 0.3) is 5.91 Å². The van der Waals surface area contributed by atoms with Crippen molar-refractivity contribution >= 4 is 49.6 Å². The number of anilines is 1. The number of ether oxygens (including phenoxy) is 1. The molecule has 2 heterocycles. The van der Waals surface area contributed by atoms with Crippen LogP contribution in [0.1, 0.15) is 5.82 Å². The number of imidazole rings is 1. The van der Waals surface area contributed by atoms with Gasteiger partial charge in [0.05, 0.1) is 21.3 Å². The first kappa shape index (κ1) is 17.2. The van der Waals surface area contributed by atoms with Gasteiger partial charge in [-0.15, -0.1) is 0 Å². The van der Waals surface area contributed by atoms with Crippen molar-refractivity contribution in [2.45, 2.75) is 13.5 Å². The highest BCUT2D eigenvalue weighted by Gasteiger charge is 2.14. The molecule has 4 aromatic rings. The van der Waals surface area contributed by atoms with Crippen molar-refractivity contribution in [3.63, 3.8) is 0 Å². The highest BCUT2D eigenvalue weighted by molar-refractivity contribution is 7.22. The third-order valence-corrected chi connectivity index (χ3v) is 4.99. The summed E-state index contributed by atoms with van der Waals surface area (Å²) in [6, 6.07) is 15.2. The molecule has 2 aromatic heterocycles. The van der Waals surface area contributed by atoms with E-state index in [1.165, 1.54) is 11.3 Å². The SMILES string of the molecule is Cc1nc2ccccc2n1CC(=O)OCC(=O)Nc1nc2ccccc2s1. The van der Waals surface area contributed by atoms with E-state index < -0.39 is 11.9 Å². The summed E-state index contributed by atoms with van der Waals surface area (Å²) in [6.07, 6.45) is 0. The van der Waals surface area contributed by atoms with E-state index in [1.807, 2.05) is 55.5 Å². The monoisotopic (exact) mass is 380 g/mol. The molecule has 2 aromatic carbocycles. The van der Waals surface area contributed by atoms with Crippen LogP contribution in [0.3, 0.4) is 0 Å². The van der Waals surface area contributed by atoms with Crippen LogP contribution in [0.5, 0.6) is 0 Å². The fourth-order valence-corrected chi connectivity index (χ4v) is 3.68. The summed E-state index contributed by atoms with van der Waals surface area (Å²) in [7, 11) is 0. The average molecular weight is 380 g/mol. The van der Waals surface area contributed by atoms with Gasteiger partial charge in [-0.25, -0.2) is 9.97 Å². The van der Waals surface area contributed by atoms with Crippen molar-refractivity contribution in [1.29, 1.82) is 0 Å². The third-order valence-electron chi connectivity index (χ3n) is 4.04. The molecule has 0 spiro atoms. The first-order chi connectivity index (χ1) is 13.1. The predicted molar refractivity (Wildman–Crippen MR) is 104 cm³/mol. The molecule has 0 saturated carbocycles. The van der Waals surface area contributed by atoms with Gasteiger partial charge in [-0.3, -0.25) is 14.9 Å². The molecule has 27 heavy (non-hydrogen) atoms. The summed E-state index contributed by atoms with van der Waals surface area (Å²) in [6.45, 7) is 1.47. The van der Waals surface area contributed by atoms with E-state index in [9.17, 15) is 9.59 Å². The lowest BCUT2D eigenvalue weighted by atomic mass is 10.3. The van der Waals surface area contributed by atoms with Crippen LogP contribution >= 0.6 is 11.3 Å². The fourth-order valence-electron chi connectivity index (χ4n) is 2.80. The second-order valence-corrected chi connectivity index (χ2v) is 6.96. The number of para-hydroxylation sites is 3. The molecule has 1 N–H and O–H groups in total. The number of rotatable bonds is 5. The van der Waals surface area contributed by atoms with Gasteiger partial charge in [0.2, 0.25) is 0 Å². The van der Waals surface area contributed by atoms with E-state index >= 15 is 0 Å². The summed E-state index contributed by atoms with van der Waals surface area (Å²) in [5.74, 6) is -0.206. The van der Waals surface area contributed by atoms with Crippen LogP contribution in [0.15, 0.2) is 48.5 Å². The minimum absolute atomic E-state index is 0.000758. The maximum Gasteiger partial charge on any atom is 0.326 e. The van der Waals surface area contributed by atoms with Gasteiger partial charge in [-0.2, -0.15) is 0 Å². The maximum atomic E-state index is 12.1. The minimum Gasteiger partial charge on any atom is -0.454 e. The van der Waals surface area contributed by atoms with Gasteiger partial charge in [0.15, 0.2) is 11.7 Å². The molecule has 0 aliphatic rings. The van der Waals surface area contributed by atoms with Crippen molar-refractivity contribution in [1.82, 2.24) is 14.5 Å². The lowest BCUT2D eigenvalue weighted by Crippen LogP contribution is -2.23. The number of carbonyl (C=O) groups is 2. The largest absolute Gasteiger partial charge is 0.454 e. The molecule has 7 nitrogen and oxygen atoms in total. The Kier molecular flexibility index (Phi) is 4.55. The van der Waals surface area contributed by atoms with Gasteiger partial charge in [-0.1, -0.05) is 35.6 Å². The van der Waals surface area contributed by atoms with Crippen molar-refractivity contribution in [2.24, 2.45) is 0 Å². The second kappa shape index (κ2) is 7.16. The first-order valence-electron chi connectivity index (χ1n) is 8.33. The molecule has 8 heteroatoms. The first-order valence-corrected chi connectivity index (χ1v) is 9.15. The number of nitrogens with zero attached hydrogens (tertiary/aromatic N) is 3. The number of hydrogen-bond donors (Lipinski definition) is 1. The number of aromatic nitrogens is 3. The van der Waals surface area contributed by atoms with Gasteiger partial charge < -0.3 is 9.30 Å². The summed E-state index contributed by atoms with van der Waals surface area (Å²) >= 11 is 1.37. The highest BCUT2D eigenvalue weighted by atomic mass is 32.1. The van der Waals surface area contributed by atoms with Crippen LogP contribution in [0, 0.1) is 6.92 Å². The van der Waals surface area contributed by atoms with Crippen molar-refractivity contribution in [3.8, 4) is 0 Å². The van der Waals surface area contributed by atoms with Crippen LogP contribution < -0.4 is 5.32 Å². The number of esters is 1. The van der Waals surface area contributed by atoms with E-state index in [0.29, 0.717) is 11.0 Å². The molecular weight excluding hydrogens is 364 g/mol. The van der Waals surface area contributed by atoms with E-state index in [1.54, 1.807) is 4.57 Å². The van der Waals surface area contributed by atoms with Crippen molar-refractivity contribution in [2.75, 3.05) is 11.9 Å². The molecule has 0 aliphatic heterocycles. The zero-order valence-corrected chi connectivity index (χ0v) is 15.3. The number of thiazole rings is 1. The number of amides is 1. The molecular formula is C19H16N4O3S. The molecule has 0 fully saturated rings. The number of nitrogens with one attached hydrogen (secondary N) is 1. The molecule has 0 bridgehead atoms. The van der Waals surface area contributed by atoms with Crippen LogP contribution in [-0.2, 0) is 20.9 Å². The summed E-state index contributed by atoms with van der Waals surface area (Å²) < 4.78 is 7.85. The molecule has 1 amide bonds. The molecule has 0 aliphatic carbocycles. The lowest BCUT2D eigenvalue weighted by Gasteiger charge is -2.07. The van der Waals surface area contributed by atoms with Gasteiger partial charge >= 0.3 is 5.97 Å². The third kappa shape index (κ3) is 3.65. The quantitative estimate of drug-likeness (QED) is 0.538. The molecule has 0 atom stereocenters. The van der Waals surface area contributed by atoms with E-state index in [2.05, 4.69) is 15.3 Å². The molecule has 0 unspecified atom stereocenters. The molecule has 4 rings (SSSR count). The smallest absolute Gasteiger partial charge is 0.326 e. The molecule has 0 saturated heterocycles. The van der Waals surface area contributed by atoms with Gasteiger partial charge in [-0.05, 0) is 31.2 Å². The van der Waals surface area contributed by atoms with E-state index in [0.717, 1.165) is 21.3 Å². The number of hydrogen-bond acceptors (Lipinski definition) is 6. The van der Waals surface area contributed by atoms with Gasteiger partial charge in [0, 0.05) is 0 Å². The highest BCUT2D eigenvalue weighted by Crippen LogP contribution is 2.25. The number of aryl methyl sites for hydroxylation is 1. The zero-order chi connectivity index (χ0) is 18.8. The van der Waals surface area contributed by atoms with E-state index in [4.69, 9.17) is 4.74 Å². The molecule has 136 valence electrons. The summed E-state index contributed by atoms with van der Waals surface area (Å²) in [5, 5.41) is 3.14. The van der Waals surface area contributed by atoms with Crippen molar-refractivity contribution < 1.29 is 14.3 Å². The number of carbonyl (C=O) groups excluding carboxylic acids is 2. The topological polar surface area (TPSA) is 86.1 Å². The second-order valence-electron chi connectivity index (χ2n) is 5.93. The zero-order valence-electron chi connectivity index (χ0n) is 14.5. The standard InChI is InChI=1S/C19H16N4O3S/c1-12-20-13-6-2-4-8-15(13)23(12)10-18(25)26-11-17(24)22-19-21-14-7-3-5-9-16(14)27-19/h2-9H,10-11H2,1H3,(H,21,22,24). The fraction of sp³-hybridized carbons (Fsp3) is 0.158. The minimum atomic E-state index is -0.499. The Hall–Kier alpha value is -3.26. The Labute approximate surface area is 158 Å². The molecule has 0 radical (unpaired) electrons. The van der Waals surface area contributed by atoms with E-state index in [-0.39, 0.29) is 13.2 Å². The number of benzene rings is 2. The summed E-state index contributed by atoms with van der Waals surface area (Å²) in [4.78, 5) is 32.9. The average Bonchev–Trinajstić information content (AvgIpc) is 3.20. The van der Waals surface area contributed by atoms with Gasteiger partial charge in [0.1, 0.15) is 12.4 Å². The van der Waals surface area contributed by atoms with Crippen LogP contribution in [0.2, 0.25) is 0 Å². The van der Waals surface area contributed by atoms with Crippen LogP contribution in [0.4, 0.5) is 5.13 Å². The Balaban J connectivity index is 1.35. The Morgan fingerprint density at radius 2 is 1.81 bits per heavy atom. The lowest BCUT2D eigenvalue weighted by molar-refractivity contribution is -0.147. The van der Waals surface area contributed by atoms with Crippen LogP contribution in [0.25, 0.3) is 21.3 Å². The normalized spacial score (nSPS) is 11.0. The Morgan fingerprint density at radius 1 is 1.07 bits per heavy atom. The van der Waals surface area contributed by atoms with Crippen molar-refractivity contribution in [3.05, 3.63) is 54.4 Å². The Morgan fingerprint density at radius 3 is 2.63 bits per heavy atom. The van der Waals surface area contributed by atoms with Crippen LogP contribution in [-0.4, -0.2) is 33.0 Å². The Bertz CT molecular complexity index is 1120. The number of fused-ring (bicyclic) bond motifs is 2. The maximum absolute atomic E-state index is 12.1. The summed E-state index contributed by atoms with van der Waals surface area (Å²) in [5.41, 5.74) is 2.49.